The summed E-state index contributed by atoms with van der Waals surface area (Å²) in [5, 5.41) is 4.25. The van der Waals surface area contributed by atoms with Crippen molar-refractivity contribution in [2.75, 3.05) is 12.3 Å². The Morgan fingerprint density at radius 3 is 2.70 bits per heavy atom. The van der Waals surface area contributed by atoms with E-state index in [1.807, 2.05) is 6.07 Å². The molecule has 1 saturated carbocycles. The van der Waals surface area contributed by atoms with Crippen LogP contribution in [0.3, 0.4) is 0 Å². The highest BCUT2D eigenvalue weighted by Gasteiger charge is 2.32. The van der Waals surface area contributed by atoms with Gasteiger partial charge in [0, 0.05) is 17.8 Å². The van der Waals surface area contributed by atoms with Crippen LogP contribution in [0.4, 0.5) is 5.82 Å². The minimum atomic E-state index is 0.266. The lowest BCUT2D eigenvalue weighted by atomic mass is 9.70. The molecule has 0 aromatic carbocycles. The van der Waals surface area contributed by atoms with Gasteiger partial charge in [-0.25, -0.2) is 4.98 Å². The maximum absolute atomic E-state index is 6.10. The van der Waals surface area contributed by atoms with Crippen molar-refractivity contribution in [2.24, 2.45) is 11.3 Å². The molecular weight excluding hydrogens is 270 g/mol. The Morgan fingerprint density at radius 1 is 1.45 bits per heavy atom. The van der Waals surface area contributed by atoms with Crippen LogP contribution in [-0.2, 0) is 0 Å². The van der Waals surface area contributed by atoms with Crippen LogP contribution < -0.4 is 11.1 Å². The maximum Gasteiger partial charge on any atom is 0.128 e. The SMILES string of the molecule is CCNC(c1cc(Cl)cnc1N)C1CCC(C)(C)CC1. The zero-order valence-electron chi connectivity index (χ0n) is 12.7. The van der Waals surface area contributed by atoms with E-state index >= 15 is 0 Å². The van der Waals surface area contributed by atoms with E-state index in [4.69, 9.17) is 17.3 Å². The average molecular weight is 296 g/mol. The third kappa shape index (κ3) is 3.64. The van der Waals surface area contributed by atoms with Crippen LogP contribution >= 0.6 is 11.6 Å². The van der Waals surface area contributed by atoms with Gasteiger partial charge in [0.1, 0.15) is 5.82 Å². The molecule has 1 aromatic rings. The van der Waals surface area contributed by atoms with Gasteiger partial charge in [0.05, 0.1) is 5.02 Å². The predicted molar refractivity (Wildman–Crippen MR) is 85.8 cm³/mol. The number of nitrogens with two attached hydrogens (primary N) is 1. The minimum absolute atomic E-state index is 0.266. The summed E-state index contributed by atoms with van der Waals surface area (Å²) in [6.07, 6.45) is 6.63. The summed E-state index contributed by atoms with van der Waals surface area (Å²) in [5.74, 6) is 1.22. The van der Waals surface area contributed by atoms with Crippen LogP contribution in [0.5, 0.6) is 0 Å². The molecule has 1 aromatic heterocycles. The van der Waals surface area contributed by atoms with Crippen LogP contribution in [0.1, 0.15) is 58.1 Å². The van der Waals surface area contributed by atoms with E-state index in [-0.39, 0.29) is 6.04 Å². The number of nitrogens with one attached hydrogen (secondary N) is 1. The molecule has 1 heterocycles. The molecule has 1 unspecified atom stereocenters. The summed E-state index contributed by atoms with van der Waals surface area (Å²) in [7, 11) is 0. The van der Waals surface area contributed by atoms with Gasteiger partial charge in [-0.1, -0.05) is 32.4 Å². The average Bonchev–Trinajstić information content (AvgIpc) is 2.40. The first-order valence-electron chi connectivity index (χ1n) is 7.57. The second-order valence-electron chi connectivity index (χ2n) is 6.66. The van der Waals surface area contributed by atoms with E-state index in [0.29, 0.717) is 22.2 Å². The Kier molecular flexibility index (Phi) is 4.92. The van der Waals surface area contributed by atoms with Crippen LogP contribution in [0.15, 0.2) is 12.3 Å². The largest absolute Gasteiger partial charge is 0.383 e. The number of hydrogen-bond donors (Lipinski definition) is 2. The van der Waals surface area contributed by atoms with Crippen LogP contribution in [0.25, 0.3) is 0 Å². The third-order valence-corrected chi connectivity index (χ3v) is 4.74. The number of rotatable bonds is 4. The van der Waals surface area contributed by atoms with Crippen molar-refractivity contribution in [1.29, 1.82) is 0 Å². The van der Waals surface area contributed by atoms with Crippen molar-refractivity contribution in [1.82, 2.24) is 10.3 Å². The Balaban J connectivity index is 2.21. The van der Waals surface area contributed by atoms with Gasteiger partial charge in [-0.2, -0.15) is 0 Å². The van der Waals surface area contributed by atoms with Crippen molar-refractivity contribution in [3.8, 4) is 0 Å². The molecule has 3 N–H and O–H groups in total. The summed E-state index contributed by atoms with van der Waals surface area (Å²) in [4.78, 5) is 4.21. The van der Waals surface area contributed by atoms with E-state index in [9.17, 15) is 0 Å². The molecule has 1 atom stereocenters. The Labute approximate surface area is 127 Å². The normalized spacial score (nSPS) is 20.8. The number of hydrogen-bond acceptors (Lipinski definition) is 3. The highest BCUT2D eigenvalue weighted by molar-refractivity contribution is 6.30. The number of halogens is 1. The first kappa shape index (κ1) is 15.6. The minimum Gasteiger partial charge on any atom is -0.383 e. The quantitative estimate of drug-likeness (QED) is 0.876. The van der Waals surface area contributed by atoms with Crippen LogP contribution in [0, 0.1) is 11.3 Å². The van der Waals surface area contributed by atoms with Crippen molar-refractivity contribution in [2.45, 2.75) is 52.5 Å². The zero-order valence-corrected chi connectivity index (χ0v) is 13.5. The highest BCUT2D eigenvalue weighted by atomic mass is 35.5. The lowest BCUT2D eigenvalue weighted by molar-refractivity contribution is 0.162. The number of nitrogen functional groups attached to an aromatic ring is 1. The fourth-order valence-corrected chi connectivity index (χ4v) is 3.39. The topological polar surface area (TPSA) is 50.9 Å². The van der Waals surface area contributed by atoms with E-state index in [1.54, 1.807) is 6.20 Å². The summed E-state index contributed by atoms with van der Waals surface area (Å²) >= 11 is 6.10. The summed E-state index contributed by atoms with van der Waals surface area (Å²) in [6.45, 7) is 7.78. The number of pyridine rings is 1. The number of anilines is 1. The molecule has 0 bridgehead atoms. The monoisotopic (exact) mass is 295 g/mol. The molecular formula is C16H26ClN3. The number of nitrogens with zero attached hydrogens (tertiary/aromatic N) is 1. The summed E-state index contributed by atoms with van der Waals surface area (Å²) in [5.41, 5.74) is 7.61. The van der Waals surface area contributed by atoms with Gasteiger partial charge in [0.2, 0.25) is 0 Å². The molecule has 20 heavy (non-hydrogen) atoms. The second-order valence-corrected chi connectivity index (χ2v) is 7.10. The zero-order chi connectivity index (χ0) is 14.8. The Morgan fingerprint density at radius 2 is 2.10 bits per heavy atom. The molecule has 0 spiro atoms. The first-order valence-corrected chi connectivity index (χ1v) is 7.95. The lowest BCUT2D eigenvalue weighted by Crippen LogP contribution is -2.33. The molecule has 0 radical (unpaired) electrons. The third-order valence-electron chi connectivity index (χ3n) is 4.53. The summed E-state index contributed by atoms with van der Waals surface area (Å²) in [6, 6.07) is 2.24. The van der Waals surface area contributed by atoms with Gasteiger partial charge in [-0.3, -0.25) is 0 Å². The molecule has 112 valence electrons. The van der Waals surface area contributed by atoms with E-state index in [1.165, 1.54) is 25.7 Å². The van der Waals surface area contributed by atoms with Gasteiger partial charge in [-0.15, -0.1) is 0 Å². The molecule has 1 aliphatic rings. The van der Waals surface area contributed by atoms with E-state index in [0.717, 1.165) is 12.1 Å². The standard InChI is InChI=1S/C16H26ClN3/c1-4-19-14(11-5-7-16(2,3)8-6-11)13-9-12(17)10-20-15(13)18/h9-11,14,19H,4-8H2,1-3H3,(H2,18,20). The van der Waals surface area contributed by atoms with Gasteiger partial charge in [0.15, 0.2) is 0 Å². The van der Waals surface area contributed by atoms with Crippen molar-refractivity contribution >= 4 is 17.4 Å². The second kappa shape index (κ2) is 6.31. The Bertz CT molecular complexity index is 449. The van der Waals surface area contributed by atoms with Crippen molar-refractivity contribution < 1.29 is 0 Å². The molecule has 1 aliphatic carbocycles. The molecule has 3 nitrogen and oxygen atoms in total. The molecule has 0 amide bonds. The predicted octanol–water partition coefficient (Wildman–Crippen LogP) is 4.18. The van der Waals surface area contributed by atoms with Gasteiger partial charge < -0.3 is 11.1 Å². The Hall–Kier alpha value is -0.800. The van der Waals surface area contributed by atoms with Crippen LogP contribution in [0.2, 0.25) is 5.02 Å². The molecule has 2 rings (SSSR count). The smallest absolute Gasteiger partial charge is 0.128 e. The summed E-state index contributed by atoms with van der Waals surface area (Å²) < 4.78 is 0. The van der Waals surface area contributed by atoms with E-state index < -0.39 is 0 Å². The lowest BCUT2D eigenvalue weighted by Gasteiger charge is -2.38. The number of aromatic nitrogens is 1. The van der Waals surface area contributed by atoms with Gasteiger partial charge in [-0.05, 0) is 49.6 Å². The first-order chi connectivity index (χ1) is 9.43. The van der Waals surface area contributed by atoms with Crippen molar-refractivity contribution in [3.05, 3.63) is 22.8 Å². The fraction of sp³-hybridized carbons (Fsp3) is 0.688. The molecule has 0 aliphatic heterocycles. The molecule has 4 heteroatoms. The molecule has 1 fully saturated rings. The van der Waals surface area contributed by atoms with Gasteiger partial charge >= 0.3 is 0 Å². The maximum atomic E-state index is 6.10. The van der Waals surface area contributed by atoms with Crippen LogP contribution in [-0.4, -0.2) is 11.5 Å². The highest BCUT2D eigenvalue weighted by Crippen LogP contribution is 2.43. The molecule has 0 saturated heterocycles. The van der Waals surface area contributed by atoms with Gasteiger partial charge in [0.25, 0.3) is 0 Å². The fourth-order valence-electron chi connectivity index (χ4n) is 3.22. The van der Waals surface area contributed by atoms with E-state index in [2.05, 4.69) is 31.1 Å². The van der Waals surface area contributed by atoms with Crippen molar-refractivity contribution in [3.63, 3.8) is 0 Å².